The summed E-state index contributed by atoms with van der Waals surface area (Å²) in [7, 11) is 0. The Kier molecular flexibility index (Phi) is 3.44. The van der Waals surface area contributed by atoms with E-state index in [1.807, 2.05) is 54.6 Å². The molecule has 0 aliphatic heterocycles. The van der Waals surface area contributed by atoms with Gasteiger partial charge in [0.25, 0.3) is 5.56 Å². The third-order valence-corrected chi connectivity index (χ3v) is 4.68. The fourth-order valence-electron chi connectivity index (χ4n) is 2.29. The van der Waals surface area contributed by atoms with Crippen LogP contribution in [0.25, 0.3) is 22.4 Å². The van der Waals surface area contributed by atoms with Crippen molar-refractivity contribution in [2.24, 2.45) is 0 Å². The molecular weight excluding hydrogens is 330 g/mol. The Balaban J connectivity index is 1.86. The number of hydrogen-bond acceptors (Lipinski definition) is 4. The molecule has 0 N–H and O–H groups in total. The van der Waals surface area contributed by atoms with Crippen LogP contribution in [0.3, 0.4) is 0 Å². The molecule has 6 heteroatoms. The van der Waals surface area contributed by atoms with Crippen molar-refractivity contribution in [1.82, 2.24) is 14.6 Å². The van der Waals surface area contributed by atoms with E-state index >= 15 is 0 Å². The summed E-state index contributed by atoms with van der Waals surface area (Å²) in [4.78, 5) is 17.5. The predicted octanol–water partition coefficient (Wildman–Crippen LogP) is 3.02. The minimum Gasteiger partial charge on any atom is -0.266 e. The molecule has 4 rings (SSSR count). The molecule has 0 radical (unpaired) electrons. The van der Waals surface area contributed by atoms with Crippen LogP contribution in [0.4, 0.5) is 0 Å². The normalized spacial score (nSPS) is 12.1. The van der Waals surface area contributed by atoms with E-state index in [-0.39, 0.29) is 5.56 Å². The monoisotopic (exact) mass is 339 g/mol. The molecular formula is C17H10ClN3OS. The van der Waals surface area contributed by atoms with Gasteiger partial charge in [0.15, 0.2) is 5.82 Å². The van der Waals surface area contributed by atoms with E-state index < -0.39 is 0 Å². The summed E-state index contributed by atoms with van der Waals surface area (Å²) in [5, 5.41) is 4.87. The molecule has 0 atom stereocenters. The summed E-state index contributed by atoms with van der Waals surface area (Å²) in [6.07, 6.45) is 1.85. The van der Waals surface area contributed by atoms with E-state index in [9.17, 15) is 4.79 Å². The summed E-state index contributed by atoms with van der Waals surface area (Å²) in [6.45, 7) is 0. The van der Waals surface area contributed by atoms with Crippen LogP contribution >= 0.6 is 22.9 Å². The minimum atomic E-state index is -0.167. The van der Waals surface area contributed by atoms with Gasteiger partial charge in [-0.3, -0.25) is 4.79 Å². The summed E-state index contributed by atoms with van der Waals surface area (Å²) in [5.74, 6) is 0.463. The molecule has 112 valence electrons. The molecule has 0 saturated carbocycles. The van der Waals surface area contributed by atoms with Crippen molar-refractivity contribution in [3.63, 3.8) is 0 Å². The average molecular weight is 340 g/mol. The zero-order valence-electron chi connectivity index (χ0n) is 11.8. The van der Waals surface area contributed by atoms with Crippen LogP contribution in [0.15, 0.2) is 59.4 Å². The first kappa shape index (κ1) is 14.1. The highest BCUT2D eigenvalue weighted by atomic mass is 35.5. The zero-order chi connectivity index (χ0) is 15.8. The molecule has 2 heterocycles. The second-order valence-electron chi connectivity index (χ2n) is 4.94. The molecule has 2 aromatic heterocycles. The molecule has 0 amide bonds. The Labute approximate surface area is 140 Å². The second-order valence-corrected chi connectivity index (χ2v) is 6.35. The lowest BCUT2D eigenvalue weighted by molar-refractivity contribution is 0.937. The van der Waals surface area contributed by atoms with Gasteiger partial charge >= 0.3 is 0 Å². The number of fused-ring (bicyclic) bond motifs is 1. The molecule has 0 aliphatic rings. The topological polar surface area (TPSA) is 47.3 Å². The molecule has 23 heavy (non-hydrogen) atoms. The summed E-state index contributed by atoms with van der Waals surface area (Å²) in [6, 6.07) is 17.0. The highest BCUT2D eigenvalue weighted by molar-refractivity contribution is 7.15. The molecule has 0 bridgehead atoms. The van der Waals surface area contributed by atoms with Gasteiger partial charge in [-0.05, 0) is 23.8 Å². The van der Waals surface area contributed by atoms with Gasteiger partial charge in [0, 0.05) is 5.56 Å². The standard InChI is InChI=1S/C17H10ClN3OS/c18-13-9-5-4-8-12(13)15-19-17-21(20-15)16(22)14(23-17)10-11-6-2-1-3-7-11/h1-10H/b14-10-. The maximum atomic E-state index is 12.5. The fourth-order valence-corrected chi connectivity index (χ4v) is 3.42. The predicted molar refractivity (Wildman–Crippen MR) is 92.8 cm³/mol. The van der Waals surface area contributed by atoms with Crippen LogP contribution in [-0.2, 0) is 0 Å². The summed E-state index contributed by atoms with van der Waals surface area (Å²) < 4.78 is 1.94. The molecule has 4 nitrogen and oxygen atoms in total. The maximum absolute atomic E-state index is 12.5. The molecule has 0 spiro atoms. The smallest absolute Gasteiger partial charge is 0.266 e. The Morgan fingerprint density at radius 2 is 1.78 bits per heavy atom. The molecule has 0 aliphatic carbocycles. The Bertz CT molecular complexity index is 1100. The van der Waals surface area contributed by atoms with Crippen molar-refractivity contribution in [1.29, 1.82) is 0 Å². The number of rotatable bonds is 2. The fraction of sp³-hybridized carbons (Fsp3) is 0. The van der Waals surface area contributed by atoms with E-state index in [4.69, 9.17) is 11.6 Å². The van der Waals surface area contributed by atoms with Gasteiger partial charge in [-0.1, -0.05) is 65.4 Å². The maximum Gasteiger partial charge on any atom is 0.291 e. The van der Waals surface area contributed by atoms with E-state index in [1.54, 1.807) is 6.07 Å². The minimum absolute atomic E-state index is 0.167. The van der Waals surface area contributed by atoms with Crippen molar-refractivity contribution < 1.29 is 0 Å². The van der Waals surface area contributed by atoms with Crippen molar-refractivity contribution in [3.05, 3.63) is 80.1 Å². The van der Waals surface area contributed by atoms with Crippen LogP contribution in [0, 0.1) is 0 Å². The van der Waals surface area contributed by atoms with Crippen LogP contribution in [0.2, 0.25) is 5.02 Å². The highest BCUT2D eigenvalue weighted by Crippen LogP contribution is 2.25. The van der Waals surface area contributed by atoms with E-state index in [0.717, 1.165) is 11.1 Å². The lowest BCUT2D eigenvalue weighted by Gasteiger charge is -1.96. The van der Waals surface area contributed by atoms with Crippen LogP contribution in [0.1, 0.15) is 5.56 Å². The SMILES string of the molecule is O=c1/c(=C/c2ccccc2)sc2nc(-c3ccccc3Cl)nn12. The summed E-state index contributed by atoms with van der Waals surface area (Å²) in [5.41, 5.74) is 1.53. The number of halogens is 1. The van der Waals surface area contributed by atoms with E-state index in [0.29, 0.717) is 20.3 Å². The molecule has 0 fully saturated rings. The number of hydrogen-bond donors (Lipinski definition) is 0. The average Bonchev–Trinajstić information content (AvgIpc) is 3.09. The first-order valence-corrected chi connectivity index (χ1v) is 8.13. The zero-order valence-corrected chi connectivity index (χ0v) is 13.4. The van der Waals surface area contributed by atoms with E-state index in [2.05, 4.69) is 10.1 Å². The van der Waals surface area contributed by atoms with Crippen molar-refractivity contribution in [2.45, 2.75) is 0 Å². The van der Waals surface area contributed by atoms with Crippen LogP contribution in [-0.4, -0.2) is 14.6 Å². The van der Waals surface area contributed by atoms with Crippen molar-refractivity contribution in [3.8, 4) is 11.4 Å². The Hall–Kier alpha value is -2.50. The van der Waals surface area contributed by atoms with Gasteiger partial charge in [-0.2, -0.15) is 9.50 Å². The van der Waals surface area contributed by atoms with Gasteiger partial charge in [-0.25, -0.2) is 0 Å². The van der Waals surface area contributed by atoms with Gasteiger partial charge in [0.2, 0.25) is 4.96 Å². The number of nitrogens with zero attached hydrogens (tertiary/aromatic N) is 3. The highest BCUT2D eigenvalue weighted by Gasteiger charge is 2.13. The quantitative estimate of drug-likeness (QED) is 0.564. The lowest BCUT2D eigenvalue weighted by Crippen LogP contribution is -2.23. The number of thiazole rings is 1. The van der Waals surface area contributed by atoms with Gasteiger partial charge in [0.05, 0.1) is 9.55 Å². The molecule has 0 saturated heterocycles. The van der Waals surface area contributed by atoms with Crippen molar-refractivity contribution >= 4 is 34.0 Å². The third-order valence-electron chi connectivity index (χ3n) is 3.39. The second kappa shape index (κ2) is 5.61. The number of aromatic nitrogens is 3. The lowest BCUT2D eigenvalue weighted by atomic mass is 10.2. The molecule has 2 aromatic carbocycles. The van der Waals surface area contributed by atoms with Crippen LogP contribution in [0.5, 0.6) is 0 Å². The Morgan fingerprint density at radius 1 is 1.04 bits per heavy atom. The van der Waals surface area contributed by atoms with Gasteiger partial charge < -0.3 is 0 Å². The van der Waals surface area contributed by atoms with Crippen LogP contribution < -0.4 is 10.1 Å². The summed E-state index contributed by atoms with van der Waals surface area (Å²) >= 11 is 7.48. The van der Waals surface area contributed by atoms with Crippen molar-refractivity contribution in [2.75, 3.05) is 0 Å². The first-order valence-electron chi connectivity index (χ1n) is 6.93. The van der Waals surface area contributed by atoms with Gasteiger partial charge in [-0.15, -0.1) is 5.10 Å². The third kappa shape index (κ3) is 2.54. The molecule has 4 aromatic rings. The number of benzene rings is 2. The largest absolute Gasteiger partial charge is 0.291 e. The first-order chi connectivity index (χ1) is 11.2. The molecule has 0 unspecified atom stereocenters. The Morgan fingerprint density at radius 3 is 2.52 bits per heavy atom. The van der Waals surface area contributed by atoms with E-state index in [1.165, 1.54) is 15.9 Å². The van der Waals surface area contributed by atoms with Gasteiger partial charge in [0.1, 0.15) is 0 Å².